The van der Waals surface area contributed by atoms with Crippen molar-refractivity contribution in [1.29, 1.82) is 0 Å². The molecule has 2 amide bonds. The topological polar surface area (TPSA) is 58.6 Å². The van der Waals surface area contributed by atoms with E-state index in [1.54, 1.807) is 6.92 Å². The summed E-state index contributed by atoms with van der Waals surface area (Å²) in [6.07, 6.45) is 1.27. The quantitative estimate of drug-likeness (QED) is 0.873. The summed E-state index contributed by atoms with van der Waals surface area (Å²) in [5, 5.41) is 2.22. The molecule has 0 aliphatic carbocycles. The van der Waals surface area contributed by atoms with Gasteiger partial charge in [0.2, 0.25) is 0 Å². The molecule has 0 aromatic heterocycles. The van der Waals surface area contributed by atoms with E-state index in [-0.39, 0.29) is 19.1 Å². The summed E-state index contributed by atoms with van der Waals surface area (Å²) < 4.78 is 32.0. The lowest BCUT2D eigenvalue weighted by atomic mass is 9.98. The lowest BCUT2D eigenvalue weighted by Gasteiger charge is -2.31. The third-order valence-electron chi connectivity index (χ3n) is 3.52. The average Bonchev–Trinajstić information content (AvgIpc) is 2.51. The number of hydrogen-bond acceptors (Lipinski definition) is 3. The van der Waals surface area contributed by atoms with Crippen molar-refractivity contribution >= 4 is 17.7 Å². The largest absolute Gasteiger partial charge is 0.466 e. The van der Waals surface area contributed by atoms with Crippen molar-refractivity contribution in [2.24, 2.45) is 5.92 Å². The zero-order valence-electron chi connectivity index (χ0n) is 12.3. The Morgan fingerprint density at radius 3 is 2.68 bits per heavy atom. The van der Waals surface area contributed by atoms with Crippen LogP contribution in [0.3, 0.4) is 0 Å². The number of halogens is 2. The van der Waals surface area contributed by atoms with Gasteiger partial charge < -0.3 is 15.0 Å². The highest BCUT2D eigenvalue weighted by molar-refractivity contribution is 5.90. The number of likely N-dealkylation sites (tertiary alicyclic amines) is 1. The third kappa shape index (κ3) is 3.72. The average molecular weight is 312 g/mol. The minimum Gasteiger partial charge on any atom is -0.466 e. The van der Waals surface area contributed by atoms with Crippen LogP contribution in [0.2, 0.25) is 0 Å². The van der Waals surface area contributed by atoms with Gasteiger partial charge >= 0.3 is 12.0 Å². The number of rotatable bonds is 3. The smallest absolute Gasteiger partial charge is 0.322 e. The van der Waals surface area contributed by atoms with Gasteiger partial charge in [0.25, 0.3) is 0 Å². The minimum absolute atomic E-state index is 0.181. The molecule has 120 valence electrons. The minimum atomic E-state index is -0.840. The van der Waals surface area contributed by atoms with Crippen LogP contribution in [0.1, 0.15) is 19.8 Å². The predicted molar refractivity (Wildman–Crippen MR) is 76.3 cm³/mol. The molecule has 1 aliphatic heterocycles. The Balaban J connectivity index is 2.02. The number of carbonyl (C=O) groups excluding carboxylic acids is 2. The van der Waals surface area contributed by atoms with Gasteiger partial charge in [0.05, 0.1) is 12.5 Å². The molecule has 1 aromatic rings. The Labute approximate surface area is 127 Å². The summed E-state index contributed by atoms with van der Waals surface area (Å²) in [7, 11) is 0. The van der Waals surface area contributed by atoms with Crippen LogP contribution in [0, 0.1) is 17.6 Å². The van der Waals surface area contributed by atoms with Crippen LogP contribution in [0.25, 0.3) is 0 Å². The van der Waals surface area contributed by atoms with Crippen molar-refractivity contribution in [3.8, 4) is 0 Å². The van der Waals surface area contributed by atoms with Crippen LogP contribution in [0.15, 0.2) is 18.2 Å². The molecule has 1 heterocycles. The van der Waals surface area contributed by atoms with Crippen molar-refractivity contribution in [2.75, 3.05) is 25.0 Å². The standard InChI is InChI=1S/C15H18F2N2O3/c1-2-22-14(20)10-5-4-8-19(9-10)15(21)18-13-11(16)6-3-7-12(13)17/h3,6-7,10H,2,4-5,8-9H2,1H3,(H,18,21)/t10-/m1/s1. The Kier molecular flexibility index (Phi) is 5.30. The number of amides is 2. The fraction of sp³-hybridized carbons (Fsp3) is 0.467. The molecule has 2 rings (SSSR count). The Bertz CT molecular complexity index is 545. The predicted octanol–water partition coefficient (Wildman–Crippen LogP) is 2.77. The first-order valence-corrected chi connectivity index (χ1v) is 7.19. The summed E-state index contributed by atoms with van der Waals surface area (Å²) in [6.45, 7) is 2.60. The molecule has 22 heavy (non-hydrogen) atoms. The number of carbonyl (C=O) groups is 2. The lowest BCUT2D eigenvalue weighted by molar-refractivity contribution is -0.149. The van der Waals surface area contributed by atoms with E-state index in [1.165, 1.54) is 11.0 Å². The summed E-state index contributed by atoms with van der Waals surface area (Å²) in [4.78, 5) is 25.2. The highest BCUT2D eigenvalue weighted by atomic mass is 19.1. The Morgan fingerprint density at radius 2 is 2.05 bits per heavy atom. The zero-order chi connectivity index (χ0) is 16.1. The molecule has 0 saturated carbocycles. The van der Waals surface area contributed by atoms with E-state index in [1.807, 2.05) is 0 Å². The maximum atomic E-state index is 13.5. The van der Waals surface area contributed by atoms with Crippen molar-refractivity contribution in [2.45, 2.75) is 19.8 Å². The molecular formula is C15H18F2N2O3. The monoisotopic (exact) mass is 312 g/mol. The van der Waals surface area contributed by atoms with Gasteiger partial charge in [0, 0.05) is 13.1 Å². The second kappa shape index (κ2) is 7.20. The summed E-state index contributed by atoms with van der Waals surface area (Å²) >= 11 is 0. The molecule has 0 unspecified atom stereocenters. The van der Waals surface area contributed by atoms with Gasteiger partial charge in [0.1, 0.15) is 17.3 Å². The molecule has 1 atom stereocenters. The number of nitrogens with zero attached hydrogens (tertiary/aromatic N) is 1. The molecule has 1 aromatic carbocycles. The maximum absolute atomic E-state index is 13.5. The fourth-order valence-electron chi connectivity index (χ4n) is 2.42. The van der Waals surface area contributed by atoms with Gasteiger partial charge in [-0.2, -0.15) is 0 Å². The molecule has 1 N–H and O–H groups in total. The normalized spacial score (nSPS) is 18.0. The number of ether oxygens (including phenoxy) is 1. The number of nitrogens with one attached hydrogen (secondary N) is 1. The fourth-order valence-corrected chi connectivity index (χ4v) is 2.42. The first-order valence-electron chi connectivity index (χ1n) is 7.19. The summed E-state index contributed by atoms with van der Waals surface area (Å²) in [5.74, 6) is -2.43. The van der Waals surface area contributed by atoms with Gasteiger partial charge in [-0.3, -0.25) is 4.79 Å². The van der Waals surface area contributed by atoms with Crippen molar-refractivity contribution < 1.29 is 23.1 Å². The third-order valence-corrected chi connectivity index (χ3v) is 3.52. The van der Waals surface area contributed by atoms with Crippen LogP contribution in [0.5, 0.6) is 0 Å². The highest BCUT2D eigenvalue weighted by Crippen LogP contribution is 2.21. The van der Waals surface area contributed by atoms with E-state index in [4.69, 9.17) is 4.74 Å². The van der Waals surface area contributed by atoms with E-state index in [2.05, 4.69) is 5.32 Å². The van der Waals surface area contributed by atoms with Crippen molar-refractivity contribution in [1.82, 2.24) is 4.90 Å². The second-order valence-electron chi connectivity index (χ2n) is 5.06. The van der Waals surface area contributed by atoms with Gasteiger partial charge in [-0.15, -0.1) is 0 Å². The Morgan fingerprint density at radius 1 is 1.36 bits per heavy atom. The summed E-state index contributed by atoms with van der Waals surface area (Å²) in [6, 6.07) is 2.72. The van der Waals surface area contributed by atoms with Crippen LogP contribution in [-0.2, 0) is 9.53 Å². The maximum Gasteiger partial charge on any atom is 0.322 e. The molecular weight excluding hydrogens is 294 g/mol. The van der Waals surface area contributed by atoms with Gasteiger partial charge in [-0.05, 0) is 31.9 Å². The van der Waals surface area contributed by atoms with E-state index in [9.17, 15) is 18.4 Å². The molecule has 5 nitrogen and oxygen atoms in total. The summed E-state index contributed by atoms with van der Waals surface area (Å²) in [5.41, 5.74) is -0.481. The first kappa shape index (κ1) is 16.2. The molecule has 0 bridgehead atoms. The van der Waals surface area contributed by atoms with Crippen LogP contribution >= 0.6 is 0 Å². The van der Waals surface area contributed by atoms with E-state index < -0.39 is 29.3 Å². The van der Waals surface area contributed by atoms with Crippen molar-refractivity contribution in [3.63, 3.8) is 0 Å². The number of anilines is 1. The first-order chi connectivity index (χ1) is 10.5. The van der Waals surface area contributed by atoms with E-state index in [0.717, 1.165) is 12.1 Å². The van der Waals surface area contributed by atoms with E-state index >= 15 is 0 Å². The number of piperidine rings is 1. The molecule has 1 saturated heterocycles. The Hall–Kier alpha value is -2.18. The van der Waals surface area contributed by atoms with Gasteiger partial charge in [-0.25, -0.2) is 13.6 Å². The highest BCUT2D eigenvalue weighted by Gasteiger charge is 2.29. The number of esters is 1. The van der Waals surface area contributed by atoms with Crippen LogP contribution in [-0.4, -0.2) is 36.6 Å². The molecule has 0 radical (unpaired) electrons. The molecule has 1 fully saturated rings. The second-order valence-corrected chi connectivity index (χ2v) is 5.06. The lowest BCUT2D eigenvalue weighted by Crippen LogP contribution is -2.44. The number of urea groups is 1. The van der Waals surface area contributed by atoms with Crippen LogP contribution in [0.4, 0.5) is 19.3 Å². The molecule has 0 spiro atoms. The SMILES string of the molecule is CCOC(=O)[C@@H]1CCCN(C(=O)Nc2c(F)cccc2F)C1. The van der Waals surface area contributed by atoms with Gasteiger partial charge in [-0.1, -0.05) is 6.07 Å². The van der Waals surface area contributed by atoms with E-state index in [0.29, 0.717) is 19.4 Å². The number of benzene rings is 1. The molecule has 7 heteroatoms. The van der Waals surface area contributed by atoms with Crippen molar-refractivity contribution in [3.05, 3.63) is 29.8 Å². The zero-order valence-corrected chi connectivity index (χ0v) is 12.3. The number of hydrogen-bond donors (Lipinski definition) is 1. The van der Waals surface area contributed by atoms with Gasteiger partial charge in [0.15, 0.2) is 0 Å². The molecule has 1 aliphatic rings. The number of para-hydroxylation sites is 1. The van der Waals surface area contributed by atoms with Crippen LogP contribution < -0.4 is 5.32 Å².